The van der Waals surface area contributed by atoms with Crippen LogP contribution in [0.15, 0.2) is 63.5 Å². The van der Waals surface area contributed by atoms with Gasteiger partial charge in [0.15, 0.2) is 0 Å². The Labute approximate surface area is 239 Å². The fourth-order valence-corrected chi connectivity index (χ4v) is 3.34. The van der Waals surface area contributed by atoms with Crippen LogP contribution in [0, 0.1) is 5.82 Å². The average Bonchev–Trinajstić information content (AvgIpc) is 3.26. The first-order chi connectivity index (χ1) is 15.3. The molecular formula is C25H24FN2O4Rb. The molecule has 8 heteroatoms. The van der Waals surface area contributed by atoms with Crippen molar-refractivity contribution in [3.05, 3.63) is 97.9 Å². The molecule has 0 radical (unpaired) electrons. The molecule has 2 N–H and O–H groups in total. The summed E-state index contributed by atoms with van der Waals surface area (Å²) in [7, 11) is 0. The van der Waals surface area contributed by atoms with Crippen LogP contribution in [0.4, 0.5) is 4.39 Å². The SMILES string of the molecule is C/C=C(\C=c1\[nH]c(=O)c(C(=O)NCc2ccco2)c([O-])c1=C(C)C)Cc1ccc(F)cc1.[Rb+]. The van der Waals surface area contributed by atoms with Crippen molar-refractivity contribution in [2.45, 2.75) is 33.7 Å². The van der Waals surface area contributed by atoms with Crippen molar-refractivity contribution in [3.63, 3.8) is 0 Å². The maximum Gasteiger partial charge on any atom is 1.00 e. The molecule has 0 fully saturated rings. The van der Waals surface area contributed by atoms with Gasteiger partial charge in [0.05, 0.1) is 18.4 Å². The molecule has 0 saturated carbocycles. The van der Waals surface area contributed by atoms with E-state index in [2.05, 4.69) is 10.3 Å². The average molecular weight is 521 g/mol. The summed E-state index contributed by atoms with van der Waals surface area (Å²) in [5.74, 6) is -1.21. The zero-order chi connectivity index (χ0) is 23.3. The Balaban J connectivity index is 0.00000385. The number of carbonyl (C=O) groups is 1. The van der Waals surface area contributed by atoms with Crippen molar-refractivity contribution in [1.29, 1.82) is 0 Å². The molecule has 3 aromatic rings. The Morgan fingerprint density at radius 1 is 1.21 bits per heavy atom. The molecule has 1 aromatic carbocycles. The molecule has 3 rings (SSSR count). The number of carbonyl (C=O) groups excluding carboxylic acids is 1. The topological polar surface area (TPSA) is 98.2 Å². The minimum Gasteiger partial charge on any atom is -0.871 e. The van der Waals surface area contributed by atoms with E-state index in [0.29, 0.717) is 23.1 Å². The van der Waals surface area contributed by atoms with E-state index < -0.39 is 22.8 Å². The summed E-state index contributed by atoms with van der Waals surface area (Å²) in [6, 6.07) is 9.47. The van der Waals surface area contributed by atoms with Gasteiger partial charge in [-0.2, -0.15) is 0 Å². The Bertz CT molecular complexity index is 1320. The molecule has 1 amide bonds. The number of amides is 1. The first-order valence-corrected chi connectivity index (χ1v) is 10.1. The van der Waals surface area contributed by atoms with Gasteiger partial charge in [-0.05, 0) is 73.9 Å². The van der Waals surface area contributed by atoms with Crippen LogP contribution in [0.25, 0.3) is 11.6 Å². The number of allylic oxidation sites excluding steroid dienone is 2. The van der Waals surface area contributed by atoms with Gasteiger partial charge < -0.3 is 19.8 Å². The second kappa shape index (κ2) is 12.4. The van der Waals surface area contributed by atoms with E-state index in [1.54, 1.807) is 44.2 Å². The molecule has 0 saturated heterocycles. The summed E-state index contributed by atoms with van der Waals surface area (Å²) < 4.78 is 18.3. The number of aromatic amines is 1. The second-order valence-electron chi connectivity index (χ2n) is 7.52. The molecule has 33 heavy (non-hydrogen) atoms. The number of halogens is 1. The van der Waals surface area contributed by atoms with Crippen molar-refractivity contribution >= 4 is 17.6 Å². The number of rotatable bonds is 6. The monoisotopic (exact) mass is 520 g/mol. The number of aromatic nitrogens is 1. The number of hydrogen-bond donors (Lipinski definition) is 2. The molecular weight excluding hydrogens is 497 g/mol. The number of H-pyrrole nitrogens is 1. The van der Waals surface area contributed by atoms with Crippen LogP contribution in [0.5, 0.6) is 5.75 Å². The van der Waals surface area contributed by atoms with E-state index >= 15 is 0 Å². The fraction of sp³-hybridized carbons (Fsp3) is 0.200. The second-order valence-corrected chi connectivity index (χ2v) is 7.52. The molecule has 2 heterocycles. The fourth-order valence-electron chi connectivity index (χ4n) is 3.34. The number of nitrogens with one attached hydrogen (secondary N) is 2. The molecule has 0 unspecified atom stereocenters. The van der Waals surface area contributed by atoms with Crippen LogP contribution in [0.2, 0.25) is 0 Å². The van der Waals surface area contributed by atoms with Crippen LogP contribution in [0.1, 0.15) is 42.5 Å². The van der Waals surface area contributed by atoms with E-state index in [0.717, 1.165) is 11.1 Å². The number of hydrogen-bond acceptors (Lipinski definition) is 4. The van der Waals surface area contributed by atoms with Crippen LogP contribution in [0.3, 0.4) is 0 Å². The van der Waals surface area contributed by atoms with Gasteiger partial charge in [-0.1, -0.05) is 29.5 Å². The van der Waals surface area contributed by atoms with Gasteiger partial charge in [-0.3, -0.25) is 9.59 Å². The summed E-state index contributed by atoms with van der Waals surface area (Å²) >= 11 is 0. The Hall–Kier alpha value is -2.06. The minimum atomic E-state index is -0.765. The normalized spacial score (nSPS) is 11.8. The Kier molecular flexibility index (Phi) is 10.2. The predicted molar refractivity (Wildman–Crippen MR) is 119 cm³/mol. The first-order valence-electron chi connectivity index (χ1n) is 10.1. The summed E-state index contributed by atoms with van der Waals surface area (Å²) in [4.78, 5) is 27.9. The third-order valence-electron chi connectivity index (χ3n) is 4.95. The van der Waals surface area contributed by atoms with E-state index in [4.69, 9.17) is 4.42 Å². The molecule has 0 aliphatic carbocycles. The predicted octanol–water partition coefficient (Wildman–Crippen LogP) is -0.725. The molecule has 0 spiro atoms. The van der Waals surface area contributed by atoms with E-state index in [-0.39, 0.29) is 75.8 Å². The largest absolute Gasteiger partial charge is 1.00 e. The van der Waals surface area contributed by atoms with Crippen molar-refractivity contribution in [2.24, 2.45) is 0 Å². The van der Waals surface area contributed by atoms with Gasteiger partial charge in [0.25, 0.3) is 11.5 Å². The molecule has 6 nitrogen and oxygen atoms in total. The third-order valence-corrected chi connectivity index (χ3v) is 4.95. The van der Waals surface area contributed by atoms with Gasteiger partial charge in [-0.25, -0.2) is 4.39 Å². The summed E-state index contributed by atoms with van der Waals surface area (Å²) in [5.41, 5.74) is 1.14. The third kappa shape index (κ3) is 6.96. The number of benzene rings is 1. The van der Waals surface area contributed by atoms with Crippen molar-refractivity contribution < 1.29 is 76.9 Å². The van der Waals surface area contributed by atoms with Crippen LogP contribution >= 0.6 is 0 Å². The van der Waals surface area contributed by atoms with Crippen molar-refractivity contribution in [1.82, 2.24) is 10.3 Å². The van der Waals surface area contributed by atoms with Gasteiger partial charge in [0.1, 0.15) is 11.6 Å². The summed E-state index contributed by atoms with van der Waals surface area (Å²) in [5, 5.41) is 16.3. The van der Waals surface area contributed by atoms with Crippen molar-refractivity contribution in [3.8, 4) is 5.75 Å². The Morgan fingerprint density at radius 2 is 1.91 bits per heavy atom. The zero-order valence-electron chi connectivity index (χ0n) is 19.1. The van der Waals surface area contributed by atoms with Crippen LogP contribution in [-0.2, 0) is 13.0 Å². The molecule has 0 bridgehead atoms. The van der Waals surface area contributed by atoms with E-state index in [1.165, 1.54) is 18.4 Å². The number of pyridine rings is 1. The molecule has 2 aromatic heterocycles. The van der Waals surface area contributed by atoms with Crippen molar-refractivity contribution in [2.75, 3.05) is 0 Å². The zero-order valence-corrected chi connectivity index (χ0v) is 24.0. The maximum absolute atomic E-state index is 13.2. The van der Waals surface area contributed by atoms with Crippen LogP contribution < -0.4 is 84.7 Å². The quantitative estimate of drug-likeness (QED) is 0.448. The van der Waals surface area contributed by atoms with Gasteiger partial charge >= 0.3 is 58.2 Å². The maximum atomic E-state index is 13.2. The standard InChI is InChI=1S/C25H25FN2O4.Rb/c1-4-16(12-17-7-9-18(26)10-8-17)13-20-21(15(2)3)23(29)22(25(31)28-20)24(30)27-14-19-6-5-11-32-19;/h4-11,13,29H,12,14H2,1-3H3,(H,27,30)(H,28,31);/q;+1/p-1/b16-4-,20-13+;. The molecule has 0 aliphatic rings. The Morgan fingerprint density at radius 3 is 2.48 bits per heavy atom. The van der Waals surface area contributed by atoms with E-state index in [9.17, 15) is 19.1 Å². The molecule has 166 valence electrons. The first kappa shape index (κ1) is 27.2. The minimum absolute atomic E-state index is 0. The molecule has 0 aliphatic heterocycles. The van der Waals surface area contributed by atoms with Gasteiger partial charge in [0.2, 0.25) is 0 Å². The van der Waals surface area contributed by atoms with Crippen LogP contribution in [-0.4, -0.2) is 10.9 Å². The van der Waals surface area contributed by atoms with Gasteiger partial charge in [0, 0.05) is 5.35 Å². The molecule has 0 atom stereocenters. The van der Waals surface area contributed by atoms with E-state index in [1.807, 2.05) is 13.0 Å². The summed E-state index contributed by atoms with van der Waals surface area (Å²) in [6.45, 7) is 5.38. The smallest absolute Gasteiger partial charge is 0.871 e. The summed E-state index contributed by atoms with van der Waals surface area (Å²) in [6.07, 6.45) is 5.51. The number of furan rings is 1. The van der Waals surface area contributed by atoms with Gasteiger partial charge in [-0.15, -0.1) is 0 Å².